The van der Waals surface area contributed by atoms with Gasteiger partial charge < -0.3 is 9.84 Å². The molecule has 29 heavy (non-hydrogen) atoms. The predicted molar refractivity (Wildman–Crippen MR) is 113 cm³/mol. The number of amides is 1. The Labute approximate surface area is 172 Å². The lowest BCUT2D eigenvalue weighted by Crippen LogP contribution is -2.26. The Kier molecular flexibility index (Phi) is 5.48. The molecule has 0 aliphatic carbocycles. The summed E-state index contributed by atoms with van der Waals surface area (Å²) in [6.45, 7) is 3.91. The van der Waals surface area contributed by atoms with Gasteiger partial charge >= 0.3 is 0 Å². The van der Waals surface area contributed by atoms with E-state index in [9.17, 15) is 4.79 Å². The lowest BCUT2D eigenvalue weighted by atomic mass is 10.1. The number of nitrogens with zero attached hydrogens (tertiary/aromatic N) is 3. The minimum absolute atomic E-state index is 0.183. The molecule has 2 aromatic heterocycles. The molecule has 146 valence electrons. The average molecular weight is 404 g/mol. The minimum Gasteiger partial charge on any atom is -0.341 e. The Morgan fingerprint density at radius 3 is 2.48 bits per heavy atom. The number of thiazole rings is 1. The molecule has 0 aliphatic heterocycles. The molecular weight excluding hydrogens is 384 g/mol. The van der Waals surface area contributed by atoms with Crippen LogP contribution in [-0.4, -0.2) is 21.0 Å². The second-order valence-electron chi connectivity index (χ2n) is 6.57. The smallest absolute Gasteiger partial charge is 0.251 e. The van der Waals surface area contributed by atoms with Crippen molar-refractivity contribution in [3.63, 3.8) is 0 Å². The first-order valence-electron chi connectivity index (χ1n) is 9.38. The Morgan fingerprint density at radius 1 is 1.07 bits per heavy atom. The summed E-state index contributed by atoms with van der Waals surface area (Å²) in [4.78, 5) is 21.3. The van der Waals surface area contributed by atoms with Crippen LogP contribution in [0.15, 0.2) is 64.5 Å². The molecule has 1 N–H and O–H groups in total. The standard InChI is InChI=1S/C22H20N4O2S/c1-3-19-24-18(13-29-19)15-9-11-16(12-10-15)20-25-22(28-26-20)14(2)23-21(27)17-7-5-4-6-8-17/h4-14H,3H2,1-2H3,(H,23,27)/t14-/m0/s1. The third-order valence-corrected chi connectivity index (χ3v) is 5.48. The normalized spacial score (nSPS) is 11.9. The van der Waals surface area contributed by atoms with Crippen molar-refractivity contribution in [3.05, 3.63) is 76.4 Å². The van der Waals surface area contributed by atoms with Crippen molar-refractivity contribution in [1.29, 1.82) is 0 Å². The third kappa shape index (κ3) is 4.25. The Bertz CT molecular complexity index is 1100. The fourth-order valence-corrected chi connectivity index (χ4v) is 3.61. The fourth-order valence-electron chi connectivity index (χ4n) is 2.86. The van der Waals surface area contributed by atoms with Gasteiger partial charge in [0.25, 0.3) is 5.91 Å². The van der Waals surface area contributed by atoms with Crippen LogP contribution in [0.1, 0.15) is 41.1 Å². The van der Waals surface area contributed by atoms with Gasteiger partial charge in [0.05, 0.1) is 10.7 Å². The van der Waals surface area contributed by atoms with Crippen molar-refractivity contribution in [2.75, 3.05) is 0 Å². The van der Waals surface area contributed by atoms with Gasteiger partial charge in [0.15, 0.2) is 0 Å². The maximum absolute atomic E-state index is 12.3. The molecular formula is C22H20N4O2S. The molecule has 0 unspecified atom stereocenters. The van der Waals surface area contributed by atoms with Gasteiger partial charge in [-0.2, -0.15) is 4.98 Å². The summed E-state index contributed by atoms with van der Waals surface area (Å²) in [5.74, 6) is 0.664. The van der Waals surface area contributed by atoms with Crippen molar-refractivity contribution in [2.45, 2.75) is 26.3 Å². The topological polar surface area (TPSA) is 80.9 Å². The van der Waals surface area contributed by atoms with E-state index in [-0.39, 0.29) is 5.91 Å². The molecule has 7 heteroatoms. The van der Waals surface area contributed by atoms with Gasteiger partial charge in [0.2, 0.25) is 11.7 Å². The molecule has 0 bridgehead atoms. The van der Waals surface area contributed by atoms with Crippen LogP contribution < -0.4 is 5.32 Å². The van der Waals surface area contributed by atoms with E-state index < -0.39 is 6.04 Å². The van der Waals surface area contributed by atoms with Crippen LogP contribution in [0.4, 0.5) is 0 Å². The Morgan fingerprint density at radius 2 is 1.79 bits per heavy atom. The predicted octanol–water partition coefficient (Wildman–Crippen LogP) is 4.91. The van der Waals surface area contributed by atoms with Crippen LogP contribution in [0.5, 0.6) is 0 Å². The maximum Gasteiger partial charge on any atom is 0.251 e. The first-order valence-corrected chi connectivity index (χ1v) is 10.3. The first kappa shape index (κ1) is 19.0. The van der Waals surface area contributed by atoms with E-state index in [1.54, 1.807) is 23.5 Å². The molecule has 4 aromatic rings. The molecule has 0 spiro atoms. The van der Waals surface area contributed by atoms with Gasteiger partial charge in [-0.05, 0) is 25.5 Å². The largest absolute Gasteiger partial charge is 0.341 e. The number of nitrogens with one attached hydrogen (secondary N) is 1. The van der Waals surface area contributed by atoms with E-state index >= 15 is 0 Å². The van der Waals surface area contributed by atoms with Crippen molar-refractivity contribution < 1.29 is 9.32 Å². The Hall–Kier alpha value is -3.32. The third-order valence-electron chi connectivity index (χ3n) is 4.49. The zero-order valence-electron chi connectivity index (χ0n) is 16.1. The average Bonchev–Trinajstić information content (AvgIpc) is 3.44. The van der Waals surface area contributed by atoms with E-state index in [0.717, 1.165) is 28.2 Å². The van der Waals surface area contributed by atoms with Crippen LogP contribution in [-0.2, 0) is 6.42 Å². The van der Waals surface area contributed by atoms with Crippen LogP contribution >= 0.6 is 11.3 Å². The number of carbonyl (C=O) groups is 1. The number of carbonyl (C=O) groups excluding carboxylic acids is 1. The molecule has 0 radical (unpaired) electrons. The lowest BCUT2D eigenvalue weighted by Gasteiger charge is -2.09. The van der Waals surface area contributed by atoms with Crippen LogP contribution in [0, 0.1) is 0 Å². The summed E-state index contributed by atoms with van der Waals surface area (Å²) >= 11 is 1.67. The highest BCUT2D eigenvalue weighted by Crippen LogP contribution is 2.25. The molecule has 0 aliphatic rings. The van der Waals surface area contributed by atoms with Gasteiger partial charge in [0, 0.05) is 22.1 Å². The number of hydrogen-bond donors (Lipinski definition) is 1. The number of hydrogen-bond acceptors (Lipinski definition) is 6. The number of aromatic nitrogens is 3. The molecule has 1 atom stereocenters. The molecule has 1 amide bonds. The van der Waals surface area contributed by atoms with E-state index in [4.69, 9.17) is 4.52 Å². The summed E-state index contributed by atoms with van der Waals surface area (Å²) in [7, 11) is 0. The molecule has 0 fully saturated rings. The summed E-state index contributed by atoms with van der Waals surface area (Å²) in [5.41, 5.74) is 3.46. The van der Waals surface area contributed by atoms with Gasteiger partial charge in [-0.25, -0.2) is 4.98 Å². The zero-order chi connectivity index (χ0) is 20.2. The van der Waals surface area contributed by atoms with Crippen molar-refractivity contribution >= 4 is 17.2 Å². The highest BCUT2D eigenvalue weighted by molar-refractivity contribution is 7.09. The van der Waals surface area contributed by atoms with Gasteiger partial charge in [-0.1, -0.05) is 54.5 Å². The zero-order valence-corrected chi connectivity index (χ0v) is 16.9. The van der Waals surface area contributed by atoms with E-state index in [1.165, 1.54) is 0 Å². The fraction of sp³-hybridized carbons (Fsp3) is 0.182. The monoisotopic (exact) mass is 404 g/mol. The second kappa shape index (κ2) is 8.36. The van der Waals surface area contributed by atoms with Crippen LogP contribution in [0.25, 0.3) is 22.6 Å². The lowest BCUT2D eigenvalue weighted by molar-refractivity contribution is 0.0932. The summed E-state index contributed by atoms with van der Waals surface area (Å²) in [6.07, 6.45) is 0.938. The van der Waals surface area contributed by atoms with Gasteiger partial charge in [-0.3, -0.25) is 4.79 Å². The van der Waals surface area contributed by atoms with Crippen molar-refractivity contribution in [3.8, 4) is 22.6 Å². The van der Waals surface area contributed by atoms with E-state index in [2.05, 4.69) is 32.7 Å². The number of benzene rings is 2. The van der Waals surface area contributed by atoms with E-state index in [1.807, 2.05) is 49.4 Å². The summed E-state index contributed by atoms with van der Waals surface area (Å²) in [5, 5.41) is 10.1. The first-order chi connectivity index (χ1) is 14.1. The number of rotatable bonds is 6. The van der Waals surface area contributed by atoms with Gasteiger partial charge in [0.1, 0.15) is 6.04 Å². The molecule has 2 heterocycles. The molecule has 6 nitrogen and oxygen atoms in total. The number of aryl methyl sites for hydroxylation is 1. The molecule has 0 saturated heterocycles. The van der Waals surface area contributed by atoms with Crippen molar-refractivity contribution in [1.82, 2.24) is 20.4 Å². The molecule has 4 rings (SSSR count). The highest BCUT2D eigenvalue weighted by atomic mass is 32.1. The van der Waals surface area contributed by atoms with Gasteiger partial charge in [-0.15, -0.1) is 11.3 Å². The molecule has 2 aromatic carbocycles. The molecule has 0 saturated carbocycles. The quantitative estimate of drug-likeness (QED) is 0.494. The Balaban J connectivity index is 1.46. The van der Waals surface area contributed by atoms with Crippen molar-refractivity contribution in [2.24, 2.45) is 0 Å². The van der Waals surface area contributed by atoms with Crippen LogP contribution in [0.2, 0.25) is 0 Å². The summed E-state index contributed by atoms with van der Waals surface area (Å²) in [6, 6.07) is 16.5. The summed E-state index contributed by atoms with van der Waals surface area (Å²) < 4.78 is 5.36. The SMILES string of the molecule is CCc1nc(-c2ccc(-c3noc([C@H](C)NC(=O)c4ccccc4)n3)cc2)cs1. The van der Waals surface area contributed by atoms with E-state index in [0.29, 0.717) is 17.3 Å². The minimum atomic E-state index is -0.397. The van der Waals surface area contributed by atoms with Crippen LogP contribution in [0.3, 0.4) is 0 Å². The highest BCUT2D eigenvalue weighted by Gasteiger charge is 2.18. The maximum atomic E-state index is 12.3. The second-order valence-corrected chi connectivity index (χ2v) is 7.52.